The van der Waals surface area contributed by atoms with Gasteiger partial charge in [0.15, 0.2) is 0 Å². The van der Waals surface area contributed by atoms with Crippen LogP contribution in [0.1, 0.15) is 51.5 Å². The molecule has 5 heteroatoms. The van der Waals surface area contributed by atoms with Gasteiger partial charge >= 0.3 is 29.6 Å². The van der Waals surface area contributed by atoms with Crippen LogP contribution in [0.15, 0.2) is 29.9 Å². The zero-order valence-electron chi connectivity index (χ0n) is 12.2. The maximum absolute atomic E-state index is 11.2. The topological polar surface area (TPSA) is 53.0 Å². The summed E-state index contributed by atoms with van der Waals surface area (Å²) < 4.78 is 0. The molecule has 0 saturated heterocycles. The van der Waals surface area contributed by atoms with Crippen LogP contribution >= 0.6 is 11.3 Å². The number of thiazole rings is 1. The normalized spacial score (nSPS) is 16.9. The van der Waals surface area contributed by atoms with Gasteiger partial charge in [-0.25, -0.2) is 0 Å². The van der Waals surface area contributed by atoms with Gasteiger partial charge in [0, 0.05) is 16.6 Å². The molecule has 0 bridgehead atoms. The fourth-order valence-electron chi connectivity index (χ4n) is 3.12. The Morgan fingerprint density at radius 2 is 2.29 bits per heavy atom. The fourth-order valence-corrected chi connectivity index (χ4v) is 3.73. The third kappa shape index (κ3) is 3.75. The zero-order valence-corrected chi connectivity index (χ0v) is 15.0. The Morgan fingerprint density at radius 1 is 1.43 bits per heavy atom. The minimum atomic E-state index is -1.05. The van der Waals surface area contributed by atoms with E-state index in [2.05, 4.69) is 11.1 Å². The third-order valence-corrected chi connectivity index (χ3v) is 4.91. The Kier molecular flexibility index (Phi) is 5.99. The first-order valence-corrected chi connectivity index (χ1v) is 7.84. The number of aromatic carboxylic acids is 1. The zero-order chi connectivity index (χ0) is 13.9. The van der Waals surface area contributed by atoms with Crippen LogP contribution in [-0.4, -0.2) is 11.0 Å². The molecule has 1 atom stereocenters. The van der Waals surface area contributed by atoms with Crippen molar-refractivity contribution in [2.75, 3.05) is 0 Å². The maximum Gasteiger partial charge on any atom is 1.00 e. The average Bonchev–Trinajstić information content (AvgIpc) is 2.97. The number of carboxylic acid groups (broad SMARTS) is 1. The Labute approximate surface area is 150 Å². The molecular weight excluding hydrogens is 293 g/mol. The van der Waals surface area contributed by atoms with Crippen molar-refractivity contribution in [2.45, 2.75) is 38.0 Å². The molecule has 0 amide bonds. The van der Waals surface area contributed by atoms with E-state index in [-0.39, 0.29) is 29.6 Å². The summed E-state index contributed by atoms with van der Waals surface area (Å²) >= 11 is 1.69. The molecule has 3 rings (SSSR count). The van der Waals surface area contributed by atoms with Crippen LogP contribution in [0.3, 0.4) is 0 Å². The Hall–Kier alpha value is -0.680. The van der Waals surface area contributed by atoms with E-state index in [9.17, 15) is 9.90 Å². The third-order valence-electron chi connectivity index (χ3n) is 4.07. The van der Waals surface area contributed by atoms with Crippen LogP contribution in [0.2, 0.25) is 0 Å². The molecule has 0 aliphatic heterocycles. The van der Waals surface area contributed by atoms with Gasteiger partial charge in [0.05, 0.1) is 11.5 Å². The van der Waals surface area contributed by atoms with Crippen molar-refractivity contribution < 1.29 is 39.5 Å². The Balaban J connectivity index is 0.00000161. The van der Waals surface area contributed by atoms with Crippen LogP contribution in [0.5, 0.6) is 0 Å². The van der Waals surface area contributed by atoms with Gasteiger partial charge in [-0.05, 0) is 49.1 Å². The van der Waals surface area contributed by atoms with Crippen molar-refractivity contribution in [1.29, 1.82) is 0 Å². The van der Waals surface area contributed by atoms with E-state index in [4.69, 9.17) is 0 Å². The van der Waals surface area contributed by atoms with Gasteiger partial charge in [0.2, 0.25) is 0 Å². The van der Waals surface area contributed by atoms with E-state index >= 15 is 0 Å². The van der Waals surface area contributed by atoms with E-state index in [1.54, 1.807) is 17.4 Å². The number of carbonyl (C=O) groups excluding carboxylic acids is 1. The van der Waals surface area contributed by atoms with Gasteiger partial charge in [0.1, 0.15) is 0 Å². The largest absolute Gasteiger partial charge is 1.00 e. The number of hydrogen-bond acceptors (Lipinski definition) is 4. The predicted molar refractivity (Wildman–Crippen MR) is 76.9 cm³/mol. The van der Waals surface area contributed by atoms with Crippen LogP contribution in [-0.2, 0) is 12.8 Å². The molecule has 1 unspecified atom stereocenters. The number of benzene rings is 1. The molecule has 1 aliphatic rings. The number of aromatic nitrogens is 1. The van der Waals surface area contributed by atoms with E-state index in [0.29, 0.717) is 11.5 Å². The standard InChI is InChI=1S/C16H17NO2S.Na/c18-16(19)15-6-2-4-13-11(3-1-5-14(13)15)7-8-12-9-17-10-20-12;/h2,4,6,9-11H,1,3,5,7-8H2,(H,18,19);/q;+1/p-1. The van der Waals surface area contributed by atoms with Crippen molar-refractivity contribution in [2.24, 2.45) is 0 Å². The second kappa shape index (κ2) is 7.54. The summed E-state index contributed by atoms with van der Waals surface area (Å²) in [6.07, 6.45) is 7.06. The van der Waals surface area contributed by atoms with Crippen molar-refractivity contribution >= 4 is 17.3 Å². The molecule has 0 N–H and O–H groups in total. The monoisotopic (exact) mass is 309 g/mol. The van der Waals surface area contributed by atoms with Gasteiger partial charge < -0.3 is 9.90 Å². The number of fused-ring (bicyclic) bond motifs is 1. The summed E-state index contributed by atoms with van der Waals surface area (Å²) in [4.78, 5) is 16.6. The molecule has 104 valence electrons. The maximum atomic E-state index is 11.2. The molecule has 2 aromatic rings. The quantitative estimate of drug-likeness (QED) is 0.720. The van der Waals surface area contributed by atoms with Crippen molar-refractivity contribution in [3.63, 3.8) is 0 Å². The molecule has 0 fully saturated rings. The average molecular weight is 309 g/mol. The van der Waals surface area contributed by atoms with Crippen molar-refractivity contribution in [1.82, 2.24) is 4.98 Å². The molecule has 1 aromatic carbocycles. The summed E-state index contributed by atoms with van der Waals surface area (Å²) in [6.45, 7) is 0. The summed E-state index contributed by atoms with van der Waals surface area (Å²) in [5.41, 5.74) is 4.44. The minimum Gasteiger partial charge on any atom is -0.545 e. The number of aryl methyl sites for hydroxylation is 1. The molecule has 21 heavy (non-hydrogen) atoms. The summed E-state index contributed by atoms with van der Waals surface area (Å²) in [5.74, 6) is -0.592. The predicted octanol–water partition coefficient (Wildman–Crippen LogP) is -0.437. The van der Waals surface area contributed by atoms with E-state index in [0.717, 1.165) is 37.7 Å². The number of nitrogens with zero attached hydrogens (tertiary/aromatic N) is 1. The van der Waals surface area contributed by atoms with Crippen LogP contribution in [0.4, 0.5) is 0 Å². The first kappa shape index (κ1) is 16.7. The molecular formula is C16H16NNaO2S. The number of carbonyl (C=O) groups is 1. The van der Waals surface area contributed by atoms with Crippen LogP contribution in [0.25, 0.3) is 0 Å². The number of rotatable bonds is 4. The minimum absolute atomic E-state index is 0. The van der Waals surface area contributed by atoms with Gasteiger partial charge in [-0.2, -0.15) is 0 Å². The molecule has 1 aromatic heterocycles. The smallest absolute Gasteiger partial charge is 0.545 e. The second-order valence-corrected chi connectivity index (χ2v) is 6.23. The SMILES string of the molecule is O=C([O-])c1cccc2c1CCCC2CCc1cncs1.[Na+]. The van der Waals surface area contributed by atoms with Gasteiger partial charge in [-0.3, -0.25) is 4.98 Å². The molecule has 1 aliphatic carbocycles. The molecule has 0 radical (unpaired) electrons. The van der Waals surface area contributed by atoms with Gasteiger partial charge in [-0.15, -0.1) is 11.3 Å². The van der Waals surface area contributed by atoms with Crippen LogP contribution in [0, 0.1) is 0 Å². The Bertz CT molecular complexity index is 613. The summed E-state index contributed by atoms with van der Waals surface area (Å²) in [6, 6.07) is 5.59. The molecule has 0 spiro atoms. The second-order valence-electron chi connectivity index (χ2n) is 5.26. The summed E-state index contributed by atoms with van der Waals surface area (Å²) in [7, 11) is 0. The fraction of sp³-hybridized carbons (Fsp3) is 0.375. The van der Waals surface area contributed by atoms with E-state index < -0.39 is 5.97 Å². The first-order valence-electron chi connectivity index (χ1n) is 6.96. The number of hydrogen-bond donors (Lipinski definition) is 0. The molecule has 1 heterocycles. The number of carboxylic acids is 1. The van der Waals surface area contributed by atoms with Gasteiger partial charge in [-0.1, -0.05) is 18.2 Å². The van der Waals surface area contributed by atoms with E-state index in [1.807, 2.05) is 17.8 Å². The first-order chi connectivity index (χ1) is 9.75. The molecule has 3 nitrogen and oxygen atoms in total. The summed E-state index contributed by atoms with van der Waals surface area (Å²) in [5, 5.41) is 11.2. The molecule has 0 saturated carbocycles. The van der Waals surface area contributed by atoms with Gasteiger partial charge in [0.25, 0.3) is 0 Å². The van der Waals surface area contributed by atoms with E-state index in [1.165, 1.54) is 10.4 Å². The van der Waals surface area contributed by atoms with Crippen LogP contribution < -0.4 is 34.7 Å². The Morgan fingerprint density at radius 3 is 3.00 bits per heavy atom. The van der Waals surface area contributed by atoms with Crippen molar-refractivity contribution in [3.05, 3.63) is 51.5 Å². The van der Waals surface area contributed by atoms with Crippen molar-refractivity contribution in [3.8, 4) is 0 Å².